The third kappa shape index (κ3) is 6.99. The fourth-order valence-electron chi connectivity index (χ4n) is 4.81. The van der Waals surface area contributed by atoms with E-state index in [1.54, 1.807) is 12.1 Å². The second-order valence-corrected chi connectivity index (χ2v) is 9.68. The normalized spacial score (nSPS) is 14.6. The monoisotopic (exact) mass is 580 g/mol. The van der Waals surface area contributed by atoms with E-state index in [1.165, 1.54) is 12.1 Å². The van der Waals surface area contributed by atoms with Crippen molar-refractivity contribution >= 4 is 7.25 Å². The number of alkyl halides is 3. The number of benzene rings is 4. The van der Waals surface area contributed by atoms with Crippen LogP contribution in [-0.2, 0) is 6.18 Å². The summed E-state index contributed by atoms with van der Waals surface area (Å²) in [5.74, 6) is 0. The van der Waals surface area contributed by atoms with E-state index in [9.17, 15) is 30.4 Å². The molecule has 1 saturated heterocycles. The van der Waals surface area contributed by atoms with E-state index in [0.717, 1.165) is 39.2 Å². The molecule has 6 rings (SSSR count). The number of hydrogen-bond acceptors (Lipinski definition) is 1. The van der Waals surface area contributed by atoms with Crippen LogP contribution in [0.2, 0.25) is 0 Å². The number of rotatable bonds is 5. The third-order valence-electron chi connectivity index (χ3n) is 6.75. The van der Waals surface area contributed by atoms with Crippen LogP contribution in [0.15, 0.2) is 127 Å². The molecule has 10 heteroatoms. The van der Waals surface area contributed by atoms with Crippen molar-refractivity contribution in [1.82, 2.24) is 0 Å². The molecule has 0 bridgehead atoms. The first kappa shape index (κ1) is 28.9. The molecule has 42 heavy (non-hydrogen) atoms. The summed E-state index contributed by atoms with van der Waals surface area (Å²) < 4.78 is 80.6. The van der Waals surface area contributed by atoms with Crippen LogP contribution in [0.4, 0.5) is 30.4 Å². The van der Waals surface area contributed by atoms with Gasteiger partial charge in [0.05, 0.1) is 5.56 Å². The van der Waals surface area contributed by atoms with Crippen molar-refractivity contribution < 1.29 is 35.1 Å². The van der Waals surface area contributed by atoms with Crippen molar-refractivity contribution in [2.24, 2.45) is 0 Å². The van der Waals surface area contributed by atoms with Crippen molar-refractivity contribution in [1.29, 1.82) is 0 Å². The van der Waals surface area contributed by atoms with Crippen molar-refractivity contribution in [2.75, 3.05) is 11.6 Å². The van der Waals surface area contributed by atoms with E-state index in [4.69, 9.17) is 0 Å². The quantitative estimate of drug-likeness (QED) is 0.0871. The molecule has 1 unspecified atom stereocenters. The molecule has 2 nitrogen and oxygen atoms in total. The summed E-state index contributed by atoms with van der Waals surface area (Å²) in [6, 6.07) is 40.6. The number of halogens is 7. The molecule has 0 N–H and O–H groups in total. The largest absolute Gasteiger partial charge is 0.673 e. The number of pyridine rings is 1. The van der Waals surface area contributed by atoms with Gasteiger partial charge in [-0.2, -0.15) is 18.2 Å². The highest BCUT2D eigenvalue weighted by molar-refractivity contribution is 6.50. The molecule has 1 atom stereocenters. The van der Waals surface area contributed by atoms with Gasteiger partial charge < -0.3 is 17.3 Å². The van der Waals surface area contributed by atoms with Gasteiger partial charge in [0.25, 0.3) is 0 Å². The van der Waals surface area contributed by atoms with E-state index < -0.39 is 19.0 Å². The van der Waals surface area contributed by atoms with Crippen LogP contribution < -0.4 is 9.69 Å². The van der Waals surface area contributed by atoms with Crippen molar-refractivity contribution in [3.63, 3.8) is 0 Å². The summed E-state index contributed by atoms with van der Waals surface area (Å²) in [7, 11) is -6.00. The highest BCUT2D eigenvalue weighted by Crippen LogP contribution is 2.37. The first-order valence-corrected chi connectivity index (χ1v) is 13.1. The van der Waals surface area contributed by atoms with Gasteiger partial charge in [-0.25, -0.2) is 0 Å². The summed E-state index contributed by atoms with van der Waals surface area (Å²) in [6.45, 7) is 0.709. The molecular weight excluding hydrogens is 556 g/mol. The van der Waals surface area contributed by atoms with Crippen LogP contribution in [0, 0.1) is 0 Å². The molecule has 1 aliphatic rings. The minimum absolute atomic E-state index is 0.0141. The van der Waals surface area contributed by atoms with Gasteiger partial charge in [-0.1, -0.05) is 83.5 Å². The minimum atomic E-state index is -6.00. The van der Waals surface area contributed by atoms with Gasteiger partial charge in [-0.05, 0) is 53.1 Å². The highest BCUT2D eigenvalue weighted by atomic mass is 19.5. The van der Waals surface area contributed by atoms with Crippen LogP contribution in [0.1, 0.15) is 17.2 Å². The highest BCUT2D eigenvalue weighted by Gasteiger charge is 2.46. The van der Waals surface area contributed by atoms with Crippen molar-refractivity contribution in [2.45, 2.75) is 12.2 Å². The van der Waals surface area contributed by atoms with Crippen molar-refractivity contribution in [3.05, 3.63) is 139 Å². The van der Waals surface area contributed by atoms with Crippen LogP contribution in [0.25, 0.3) is 33.6 Å². The maximum absolute atomic E-state index is 13.1. The van der Waals surface area contributed by atoms with E-state index in [1.807, 2.05) is 54.6 Å². The summed E-state index contributed by atoms with van der Waals surface area (Å²) in [6.07, 6.45) is -4.34. The standard InChI is InChI=1S/C32H24F3N2.BF4/c33-32(34,35)28-18-16-26(17-19-28)31-22-36(31)37-29(24-12-6-2-7-13-24)20-27(23-10-4-1-5-11-23)21-30(37)25-14-8-3-9-15-25;2-1(3,4)5/h1-21,31H,22H2;/q+1;-1. The number of aromatic nitrogens is 1. The zero-order valence-corrected chi connectivity index (χ0v) is 22.0. The summed E-state index contributed by atoms with van der Waals surface area (Å²) in [5, 5.41) is 2.21. The lowest BCUT2D eigenvalue weighted by molar-refractivity contribution is -0.655. The van der Waals surface area contributed by atoms with Crippen LogP contribution >= 0.6 is 0 Å². The third-order valence-corrected chi connectivity index (χ3v) is 6.75. The number of nitrogens with zero attached hydrogens (tertiary/aromatic N) is 2. The molecule has 1 fully saturated rings. The molecule has 0 amide bonds. The molecule has 0 radical (unpaired) electrons. The first-order chi connectivity index (χ1) is 20.0. The average molecular weight is 580 g/mol. The summed E-state index contributed by atoms with van der Waals surface area (Å²) >= 11 is 0. The Kier molecular flexibility index (Phi) is 8.07. The fourth-order valence-corrected chi connectivity index (χ4v) is 4.81. The van der Waals surface area contributed by atoms with Crippen LogP contribution in [-0.4, -0.2) is 13.8 Å². The second-order valence-electron chi connectivity index (χ2n) is 9.68. The van der Waals surface area contributed by atoms with Gasteiger partial charge in [0.2, 0.25) is 11.4 Å². The molecule has 1 aromatic heterocycles. The predicted octanol–water partition coefficient (Wildman–Crippen LogP) is 8.99. The molecule has 0 spiro atoms. The van der Waals surface area contributed by atoms with E-state index in [-0.39, 0.29) is 6.04 Å². The van der Waals surface area contributed by atoms with Gasteiger partial charge in [-0.3, -0.25) is 0 Å². The molecule has 4 aromatic carbocycles. The van der Waals surface area contributed by atoms with Gasteiger partial charge >= 0.3 is 13.4 Å². The second kappa shape index (κ2) is 11.7. The zero-order valence-electron chi connectivity index (χ0n) is 22.0. The lowest BCUT2D eigenvalue weighted by Crippen LogP contribution is -2.49. The summed E-state index contributed by atoms with van der Waals surface area (Å²) in [4.78, 5) is 0. The van der Waals surface area contributed by atoms with E-state index in [2.05, 4.69) is 58.2 Å². The van der Waals surface area contributed by atoms with Gasteiger partial charge in [0, 0.05) is 23.3 Å². The van der Waals surface area contributed by atoms with Gasteiger partial charge in [0.15, 0.2) is 0 Å². The maximum atomic E-state index is 13.1. The topological polar surface area (TPSA) is 6.89 Å². The van der Waals surface area contributed by atoms with Gasteiger partial charge in [0.1, 0.15) is 12.6 Å². The smallest absolute Gasteiger partial charge is 0.418 e. The Morgan fingerprint density at radius 3 is 1.38 bits per heavy atom. The Morgan fingerprint density at radius 1 is 0.571 bits per heavy atom. The van der Waals surface area contributed by atoms with Crippen LogP contribution in [0.5, 0.6) is 0 Å². The molecule has 1 aliphatic heterocycles. The maximum Gasteiger partial charge on any atom is 0.673 e. The Morgan fingerprint density at radius 2 is 0.976 bits per heavy atom. The van der Waals surface area contributed by atoms with E-state index >= 15 is 0 Å². The Balaban J connectivity index is 0.000000652. The predicted molar refractivity (Wildman–Crippen MR) is 150 cm³/mol. The Hall–Kier alpha value is -4.60. The van der Waals surface area contributed by atoms with Crippen LogP contribution in [0.3, 0.4) is 0 Å². The van der Waals surface area contributed by atoms with Gasteiger partial charge in [-0.15, -0.1) is 0 Å². The first-order valence-electron chi connectivity index (χ1n) is 13.1. The molecular formula is C32H24BF7N2. The zero-order chi connectivity index (χ0) is 29.9. The lowest BCUT2D eigenvalue weighted by Gasteiger charge is -2.13. The average Bonchev–Trinajstić information content (AvgIpc) is 3.77. The van der Waals surface area contributed by atoms with Crippen molar-refractivity contribution in [3.8, 4) is 33.6 Å². The molecule has 2 heterocycles. The minimum Gasteiger partial charge on any atom is -0.418 e. The SMILES string of the molecule is FC(F)(F)c1ccc(C2CN2[n+]2c(-c3ccccc3)cc(-c3ccccc3)cc2-c2ccccc2)cc1.F[B-](F)(F)F. The molecule has 214 valence electrons. The van der Waals surface area contributed by atoms with E-state index in [0.29, 0.717) is 6.54 Å². The Bertz CT molecular complexity index is 1560. The molecule has 0 saturated carbocycles. The lowest BCUT2D eigenvalue weighted by atomic mass is 9.99. The summed E-state index contributed by atoms with van der Waals surface area (Å²) in [5.41, 5.74) is 6.64. The fraction of sp³-hybridized carbons (Fsp3) is 0.0938. The number of hydrogen-bond donors (Lipinski definition) is 0. The Labute approximate surface area is 238 Å². The molecule has 5 aromatic rings. The molecule has 0 aliphatic carbocycles.